The van der Waals surface area contributed by atoms with Crippen LogP contribution in [-0.4, -0.2) is 47.3 Å². The van der Waals surface area contributed by atoms with Crippen molar-refractivity contribution in [3.8, 4) is 5.75 Å². The molecule has 2 N–H and O–H groups in total. The van der Waals surface area contributed by atoms with E-state index >= 15 is 0 Å². The monoisotopic (exact) mass is 426 g/mol. The number of β-amino-alcohol motifs (C(OH)–C–C–N with tert-alkyl or cyclic N) is 1. The molecule has 1 aliphatic rings. The Hall–Kier alpha value is -2.65. The van der Waals surface area contributed by atoms with Crippen LogP contribution in [0.2, 0.25) is 0 Å². The molecular weight excluding hydrogens is 404 g/mol. The highest BCUT2D eigenvalue weighted by atomic mass is 19.4. The van der Waals surface area contributed by atoms with E-state index in [0.29, 0.717) is 18.7 Å². The quantitative estimate of drug-likeness (QED) is 0.716. The van der Waals surface area contributed by atoms with E-state index in [0.717, 1.165) is 12.1 Å². The van der Waals surface area contributed by atoms with Crippen LogP contribution in [0.4, 0.5) is 23.2 Å². The lowest BCUT2D eigenvalue weighted by atomic mass is 9.91. The van der Waals surface area contributed by atoms with Gasteiger partial charge in [0.1, 0.15) is 23.3 Å². The molecule has 3 rings (SSSR count). The molecule has 9 heteroatoms. The highest BCUT2D eigenvalue weighted by Crippen LogP contribution is 2.30. The number of alkyl halides is 3. The van der Waals surface area contributed by atoms with Gasteiger partial charge in [-0.15, -0.1) is 0 Å². The van der Waals surface area contributed by atoms with Gasteiger partial charge in [0, 0.05) is 24.8 Å². The van der Waals surface area contributed by atoms with Crippen LogP contribution in [0, 0.1) is 5.82 Å². The first kappa shape index (κ1) is 22.0. The van der Waals surface area contributed by atoms with Crippen LogP contribution in [0.25, 0.3) is 0 Å². The third-order valence-corrected chi connectivity index (χ3v) is 4.88. The molecule has 1 fully saturated rings. The summed E-state index contributed by atoms with van der Waals surface area (Å²) in [6, 6.07) is 9.82. The molecule has 0 bridgehead atoms. The van der Waals surface area contributed by atoms with Gasteiger partial charge in [-0.1, -0.05) is 6.07 Å². The maximum atomic E-state index is 13.3. The number of nitrogens with one attached hydrogen (secondary N) is 1. The number of amides is 1. The molecule has 162 valence electrons. The zero-order chi connectivity index (χ0) is 21.9. The van der Waals surface area contributed by atoms with Gasteiger partial charge in [-0.05, 0) is 49.7 Å². The first-order valence-electron chi connectivity index (χ1n) is 9.37. The topological polar surface area (TPSA) is 61.8 Å². The fourth-order valence-corrected chi connectivity index (χ4v) is 3.42. The van der Waals surface area contributed by atoms with E-state index in [1.54, 1.807) is 17.9 Å². The van der Waals surface area contributed by atoms with E-state index in [1.165, 1.54) is 30.3 Å². The standard InChI is InChI=1S/C21H22F4N2O3/c1-20(29)13-27(10-9-18(20)30-17-4-2-3-15(22)11-17)12-19(28)26-16-7-5-14(6-8-16)21(23,24)25/h2-8,11,18,29H,9-10,12-13H2,1H3,(H,26,28)/t18-,20-/m0/s1. The van der Waals surface area contributed by atoms with Crippen LogP contribution in [-0.2, 0) is 11.0 Å². The molecule has 2 atom stereocenters. The Kier molecular flexibility index (Phi) is 6.33. The fraction of sp³-hybridized carbons (Fsp3) is 0.381. The highest BCUT2D eigenvalue weighted by molar-refractivity contribution is 5.92. The summed E-state index contributed by atoms with van der Waals surface area (Å²) < 4.78 is 56.9. The minimum atomic E-state index is -4.44. The third-order valence-electron chi connectivity index (χ3n) is 4.88. The number of hydrogen-bond donors (Lipinski definition) is 2. The number of carbonyl (C=O) groups is 1. The molecule has 5 nitrogen and oxygen atoms in total. The maximum absolute atomic E-state index is 13.3. The van der Waals surface area contributed by atoms with Crippen molar-refractivity contribution in [2.24, 2.45) is 0 Å². The molecule has 0 spiro atoms. The number of halogens is 4. The summed E-state index contributed by atoms with van der Waals surface area (Å²) in [6.45, 7) is 2.14. The second kappa shape index (κ2) is 8.61. The average molecular weight is 426 g/mol. The summed E-state index contributed by atoms with van der Waals surface area (Å²) in [4.78, 5) is 14.0. The van der Waals surface area contributed by atoms with Gasteiger partial charge in [-0.25, -0.2) is 4.39 Å². The fourth-order valence-electron chi connectivity index (χ4n) is 3.42. The van der Waals surface area contributed by atoms with Gasteiger partial charge in [-0.2, -0.15) is 13.2 Å². The summed E-state index contributed by atoms with van der Waals surface area (Å²) in [5.41, 5.74) is -1.82. The summed E-state index contributed by atoms with van der Waals surface area (Å²) >= 11 is 0. The summed E-state index contributed by atoms with van der Waals surface area (Å²) in [7, 11) is 0. The Bertz CT molecular complexity index is 885. The van der Waals surface area contributed by atoms with E-state index < -0.39 is 35.2 Å². The van der Waals surface area contributed by atoms with Crippen LogP contribution in [0.3, 0.4) is 0 Å². The number of carbonyl (C=O) groups excluding carboxylic acids is 1. The zero-order valence-electron chi connectivity index (χ0n) is 16.2. The largest absolute Gasteiger partial charge is 0.487 e. The molecule has 0 unspecified atom stereocenters. The van der Waals surface area contributed by atoms with Gasteiger partial charge in [-0.3, -0.25) is 9.69 Å². The molecule has 1 heterocycles. The number of nitrogens with zero attached hydrogens (tertiary/aromatic N) is 1. The van der Waals surface area contributed by atoms with E-state index in [1.807, 2.05) is 0 Å². The molecule has 0 saturated carbocycles. The number of piperidine rings is 1. The SMILES string of the molecule is C[C@]1(O)CN(CC(=O)Nc2ccc(C(F)(F)F)cc2)CC[C@@H]1Oc1cccc(F)c1. The number of anilines is 1. The molecule has 0 aliphatic carbocycles. The number of benzene rings is 2. The Morgan fingerprint density at radius 3 is 2.57 bits per heavy atom. The number of rotatable bonds is 5. The smallest absolute Gasteiger partial charge is 0.416 e. The molecule has 0 radical (unpaired) electrons. The molecule has 1 saturated heterocycles. The van der Waals surface area contributed by atoms with Gasteiger partial charge in [0.2, 0.25) is 5.91 Å². The maximum Gasteiger partial charge on any atom is 0.416 e. The van der Waals surface area contributed by atoms with Crippen molar-refractivity contribution in [2.45, 2.75) is 31.2 Å². The van der Waals surface area contributed by atoms with Crippen LogP contribution < -0.4 is 10.1 Å². The van der Waals surface area contributed by atoms with Crippen LogP contribution in [0.15, 0.2) is 48.5 Å². The Labute approximate surface area is 171 Å². The van der Waals surface area contributed by atoms with Gasteiger partial charge >= 0.3 is 6.18 Å². The predicted molar refractivity (Wildman–Crippen MR) is 103 cm³/mol. The Balaban J connectivity index is 1.54. The highest BCUT2D eigenvalue weighted by Gasteiger charge is 2.40. The molecule has 0 aromatic heterocycles. The van der Waals surface area contributed by atoms with Crippen molar-refractivity contribution in [2.75, 3.05) is 25.0 Å². The minimum absolute atomic E-state index is 0.0378. The lowest BCUT2D eigenvalue weighted by molar-refractivity contribution is -0.137. The summed E-state index contributed by atoms with van der Waals surface area (Å²) in [5, 5.41) is 13.3. The normalized spacial score (nSPS) is 22.5. The van der Waals surface area contributed by atoms with Crippen LogP contribution in [0.5, 0.6) is 5.75 Å². The van der Waals surface area contributed by atoms with Gasteiger partial charge in [0.25, 0.3) is 0 Å². The van der Waals surface area contributed by atoms with Gasteiger partial charge in [0.15, 0.2) is 0 Å². The van der Waals surface area contributed by atoms with Crippen molar-refractivity contribution < 1.29 is 32.2 Å². The molecule has 1 amide bonds. The molecule has 1 aliphatic heterocycles. The third kappa shape index (κ3) is 5.70. The van der Waals surface area contributed by atoms with E-state index in [9.17, 15) is 27.5 Å². The van der Waals surface area contributed by atoms with Crippen molar-refractivity contribution >= 4 is 11.6 Å². The average Bonchev–Trinajstić information content (AvgIpc) is 2.63. The lowest BCUT2D eigenvalue weighted by Crippen LogP contribution is -2.58. The first-order valence-corrected chi connectivity index (χ1v) is 9.37. The van der Waals surface area contributed by atoms with Crippen molar-refractivity contribution in [3.05, 3.63) is 59.9 Å². The minimum Gasteiger partial charge on any atom is -0.487 e. The number of likely N-dealkylation sites (tertiary alicyclic amines) is 1. The Morgan fingerprint density at radius 1 is 1.27 bits per heavy atom. The second-order valence-electron chi connectivity index (χ2n) is 7.54. The first-order chi connectivity index (χ1) is 14.0. The lowest BCUT2D eigenvalue weighted by Gasteiger charge is -2.42. The van der Waals surface area contributed by atoms with E-state index in [2.05, 4.69) is 5.32 Å². The van der Waals surface area contributed by atoms with Crippen molar-refractivity contribution in [1.82, 2.24) is 4.90 Å². The molecule has 2 aromatic rings. The van der Waals surface area contributed by atoms with E-state index in [4.69, 9.17) is 4.74 Å². The second-order valence-corrected chi connectivity index (χ2v) is 7.54. The molecule has 2 aromatic carbocycles. The predicted octanol–water partition coefficient (Wildman–Crippen LogP) is 3.69. The zero-order valence-corrected chi connectivity index (χ0v) is 16.2. The van der Waals surface area contributed by atoms with Gasteiger partial charge < -0.3 is 15.2 Å². The number of aliphatic hydroxyl groups is 1. The molecular formula is C21H22F4N2O3. The van der Waals surface area contributed by atoms with Crippen molar-refractivity contribution in [3.63, 3.8) is 0 Å². The van der Waals surface area contributed by atoms with E-state index in [-0.39, 0.29) is 18.8 Å². The van der Waals surface area contributed by atoms with Crippen LogP contribution in [0.1, 0.15) is 18.9 Å². The van der Waals surface area contributed by atoms with Crippen LogP contribution >= 0.6 is 0 Å². The number of ether oxygens (including phenoxy) is 1. The van der Waals surface area contributed by atoms with Crippen molar-refractivity contribution in [1.29, 1.82) is 0 Å². The summed E-state index contributed by atoms with van der Waals surface area (Å²) in [5.74, 6) is -0.534. The summed E-state index contributed by atoms with van der Waals surface area (Å²) in [6.07, 6.45) is -4.60. The number of hydrogen-bond acceptors (Lipinski definition) is 4. The Morgan fingerprint density at radius 2 is 1.97 bits per heavy atom. The van der Waals surface area contributed by atoms with Gasteiger partial charge in [0.05, 0.1) is 12.1 Å². The molecule has 30 heavy (non-hydrogen) atoms.